The number of aromatic carboxylic acids is 1. The molecule has 1 N–H and O–H groups in total. The molecular formula is C11H16N2O3. The first-order chi connectivity index (χ1) is 7.21. The molecule has 0 saturated heterocycles. The first kappa shape index (κ1) is 12.4. The van der Waals surface area contributed by atoms with E-state index in [1.807, 2.05) is 20.8 Å². The van der Waals surface area contributed by atoms with Crippen molar-refractivity contribution in [3.63, 3.8) is 0 Å². The highest BCUT2D eigenvalue weighted by molar-refractivity contribution is 5.86. The summed E-state index contributed by atoms with van der Waals surface area (Å²) in [6.07, 6.45) is 0. The van der Waals surface area contributed by atoms with Gasteiger partial charge < -0.3 is 5.11 Å². The first-order valence-corrected chi connectivity index (χ1v) is 5.03. The van der Waals surface area contributed by atoms with Crippen molar-refractivity contribution in [1.82, 2.24) is 9.78 Å². The molecule has 1 aromatic rings. The van der Waals surface area contributed by atoms with Crippen LogP contribution in [0.25, 0.3) is 0 Å². The summed E-state index contributed by atoms with van der Waals surface area (Å²) in [5, 5.41) is 13.1. The first-order valence-electron chi connectivity index (χ1n) is 5.03. The molecule has 0 aliphatic carbocycles. The smallest absolute Gasteiger partial charge is 0.354 e. The molecule has 1 aromatic heterocycles. The van der Waals surface area contributed by atoms with E-state index in [0.717, 1.165) is 0 Å². The molecule has 88 valence electrons. The number of nitrogens with zero attached hydrogens (tertiary/aromatic N) is 2. The maximum Gasteiger partial charge on any atom is 0.354 e. The zero-order chi connectivity index (χ0) is 12.5. The largest absolute Gasteiger partial charge is 0.477 e. The molecule has 0 aromatic carbocycles. The van der Waals surface area contributed by atoms with E-state index in [-0.39, 0.29) is 23.4 Å². The van der Waals surface area contributed by atoms with E-state index in [2.05, 4.69) is 5.10 Å². The summed E-state index contributed by atoms with van der Waals surface area (Å²) in [6, 6.07) is 1.52. The lowest BCUT2D eigenvalue weighted by atomic mass is 9.92. The zero-order valence-corrected chi connectivity index (χ0v) is 9.94. The van der Waals surface area contributed by atoms with Crippen molar-refractivity contribution >= 4 is 11.8 Å². The highest BCUT2D eigenvalue weighted by atomic mass is 16.4. The third-order valence-corrected chi connectivity index (χ3v) is 2.14. The van der Waals surface area contributed by atoms with Gasteiger partial charge in [0.1, 0.15) is 12.2 Å². The topological polar surface area (TPSA) is 72.2 Å². The van der Waals surface area contributed by atoms with Gasteiger partial charge in [0.2, 0.25) is 0 Å². The molecule has 5 nitrogen and oxygen atoms in total. The van der Waals surface area contributed by atoms with Crippen molar-refractivity contribution in [3.05, 3.63) is 17.5 Å². The van der Waals surface area contributed by atoms with E-state index in [4.69, 9.17) is 5.11 Å². The van der Waals surface area contributed by atoms with E-state index in [0.29, 0.717) is 5.69 Å². The number of carboxylic acid groups (broad SMARTS) is 1. The molecule has 0 radical (unpaired) electrons. The zero-order valence-electron chi connectivity index (χ0n) is 9.94. The Morgan fingerprint density at radius 2 is 2.00 bits per heavy atom. The molecule has 0 unspecified atom stereocenters. The number of carbonyl (C=O) groups is 2. The van der Waals surface area contributed by atoms with Crippen molar-refractivity contribution in [1.29, 1.82) is 0 Å². The minimum atomic E-state index is -1.07. The average molecular weight is 224 g/mol. The number of aromatic nitrogens is 2. The van der Waals surface area contributed by atoms with Crippen LogP contribution in [0.15, 0.2) is 6.07 Å². The number of ketones is 1. The van der Waals surface area contributed by atoms with E-state index in [1.54, 1.807) is 0 Å². The molecule has 0 saturated carbocycles. The highest BCUT2D eigenvalue weighted by Crippen LogP contribution is 2.21. The lowest BCUT2D eigenvalue weighted by Crippen LogP contribution is -2.16. The molecule has 0 atom stereocenters. The molecule has 1 heterocycles. The van der Waals surface area contributed by atoms with Crippen LogP contribution in [0.4, 0.5) is 0 Å². The Labute approximate surface area is 94.1 Å². The molecule has 5 heteroatoms. The predicted octanol–water partition coefficient (Wildman–Crippen LogP) is 1.47. The number of hydrogen-bond acceptors (Lipinski definition) is 3. The van der Waals surface area contributed by atoms with Crippen molar-refractivity contribution in [2.45, 2.75) is 39.7 Å². The normalized spacial score (nSPS) is 11.5. The molecule has 0 spiro atoms. The molecule has 0 aliphatic rings. The van der Waals surface area contributed by atoms with Crippen molar-refractivity contribution in [2.24, 2.45) is 0 Å². The fourth-order valence-corrected chi connectivity index (χ4v) is 1.29. The fourth-order valence-electron chi connectivity index (χ4n) is 1.29. The predicted molar refractivity (Wildman–Crippen MR) is 58.6 cm³/mol. The van der Waals surface area contributed by atoms with Gasteiger partial charge in [-0.2, -0.15) is 5.10 Å². The van der Waals surface area contributed by atoms with Gasteiger partial charge in [-0.3, -0.25) is 9.48 Å². The maximum atomic E-state index is 11.0. The summed E-state index contributed by atoms with van der Waals surface area (Å²) >= 11 is 0. The lowest BCUT2D eigenvalue weighted by Gasteiger charge is -2.14. The number of hydrogen-bond donors (Lipinski definition) is 1. The summed E-state index contributed by atoms with van der Waals surface area (Å²) in [6.45, 7) is 7.24. The number of Topliss-reactive ketones (excluding diaryl/α,β-unsaturated/α-hetero) is 1. The van der Waals surface area contributed by atoms with E-state index in [1.165, 1.54) is 17.7 Å². The molecule has 0 aliphatic heterocycles. The van der Waals surface area contributed by atoms with Gasteiger partial charge in [-0.05, 0) is 13.0 Å². The lowest BCUT2D eigenvalue weighted by molar-refractivity contribution is -0.117. The van der Waals surface area contributed by atoms with Gasteiger partial charge in [0.05, 0.1) is 5.69 Å². The molecule has 0 amide bonds. The monoisotopic (exact) mass is 224 g/mol. The van der Waals surface area contributed by atoms with E-state index in [9.17, 15) is 9.59 Å². The molecular weight excluding hydrogens is 208 g/mol. The second-order valence-corrected chi connectivity index (χ2v) is 4.83. The van der Waals surface area contributed by atoms with Gasteiger partial charge in [0, 0.05) is 5.41 Å². The molecule has 16 heavy (non-hydrogen) atoms. The van der Waals surface area contributed by atoms with Crippen LogP contribution in [0, 0.1) is 0 Å². The van der Waals surface area contributed by atoms with Gasteiger partial charge in [0.15, 0.2) is 5.78 Å². The number of rotatable bonds is 3. The van der Waals surface area contributed by atoms with Crippen molar-refractivity contribution in [2.75, 3.05) is 0 Å². The fraction of sp³-hybridized carbons (Fsp3) is 0.545. The van der Waals surface area contributed by atoms with Crippen LogP contribution in [0.3, 0.4) is 0 Å². The Bertz CT molecular complexity index is 427. The van der Waals surface area contributed by atoms with Crippen LogP contribution in [0.2, 0.25) is 0 Å². The van der Waals surface area contributed by atoms with Crippen LogP contribution in [0.1, 0.15) is 43.9 Å². The Hall–Kier alpha value is -1.65. The van der Waals surface area contributed by atoms with Gasteiger partial charge in [0.25, 0.3) is 0 Å². The van der Waals surface area contributed by atoms with Gasteiger partial charge in [-0.15, -0.1) is 0 Å². The number of carbonyl (C=O) groups excluding carboxylic acids is 1. The Morgan fingerprint density at radius 3 is 2.38 bits per heavy atom. The minimum Gasteiger partial charge on any atom is -0.477 e. The minimum absolute atomic E-state index is 0.00227. The van der Waals surface area contributed by atoms with Gasteiger partial charge >= 0.3 is 5.97 Å². The van der Waals surface area contributed by atoms with Crippen LogP contribution in [-0.4, -0.2) is 26.6 Å². The van der Waals surface area contributed by atoms with E-state index >= 15 is 0 Å². The second kappa shape index (κ2) is 4.08. The van der Waals surface area contributed by atoms with Crippen LogP contribution in [-0.2, 0) is 16.8 Å². The summed E-state index contributed by atoms with van der Waals surface area (Å²) in [5.74, 6) is -1.18. The van der Waals surface area contributed by atoms with Gasteiger partial charge in [-0.1, -0.05) is 20.8 Å². The van der Waals surface area contributed by atoms with Crippen LogP contribution >= 0.6 is 0 Å². The quantitative estimate of drug-likeness (QED) is 0.843. The summed E-state index contributed by atoms with van der Waals surface area (Å²) < 4.78 is 1.24. The van der Waals surface area contributed by atoms with Gasteiger partial charge in [-0.25, -0.2) is 4.79 Å². The van der Waals surface area contributed by atoms with E-state index < -0.39 is 5.97 Å². The Balaban J connectivity index is 3.20. The third-order valence-electron chi connectivity index (χ3n) is 2.14. The molecule has 1 rings (SSSR count). The Morgan fingerprint density at radius 1 is 1.44 bits per heavy atom. The second-order valence-electron chi connectivity index (χ2n) is 4.83. The Kier molecular flexibility index (Phi) is 3.16. The summed E-state index contributed by atoms with van der Waals surface area (Å²) in [7, 11) is 0. The standard InChI is InChI=1S/C11H16N2O3/c1-7(14)6-13-8(10(15)16)5-9(12-13)11(2,3)4/h5H,6H2,1-4H3,(H,15,16). The summed E-state index contributed by atoms with van der Waals surface area (Å²) in [5.41, 5.74) is 0.498. The molecule has 0 fully saturated rings. The highest BCUT2D eigenvalue weighted by Gasteiger charge is 2.22. The van der Waals surface area contributed by atoms with Crippen molar-refractivity contribution < 1.29 is 14.7 Å². The van der Waals surface area contributed by atoms with Crippen LogP contribution < -0.4 is 0 Å². The van der Waals surface area contributed by atoms with Crippen molar-refractivity contribution in [3.8, 4) is 0 Å². The molecule has 0 bridgehead atoms. The third kappa shape index (κ3) is 2.68. The summed E-state index contributed by atoms with van der Waals surface area (Å²) in [4.78, 5) is 22.0. The number of carboxylic acids is 1. The van der Waals surface area contributed by atoms with Crippen LogP contribution in [0.5, 0.6) is 0 Å². The SMILES string of the molecule is CC(=O)Cn1nc(C(C)(C)C)cc1C(=O)O. The maximum absolute atomic E-state index is 11.0. The average Bonchev–Trinajstić information content (AvgIpc) is 2.45.